The fourth-order valence-electron chi connectivity index (χ4n) is 6.47. The van der Waals surface area contributed by atoms with Crippen molar-refractivity contribution in [1.82, 2.24) is 0 Å². The summed E-state index contributed by atoms with van der Waals surface area (Å²) in [6.07, 6.45) is 4.80. The molecule has 2 unspecified atom stereocenters. The van der Waals surface area contributed by atoms with Gasteiger partial charge in [0.2, 0.25) is 0 Å². The second-order valence-corrected chi connectivity index (χ2v) is 21.0. The molecular weight excluding hydrogens is 699 g/mol. The van der Waals surface area contributed by atoms with Crippen molar-refractivity contribution in [3.05, 3.63) is 127 Å². The molecule has 2 atom stereocenters. The van der Waals surface area contributed by atoms with Crippen LogP contribution in [0.1, 0.15) is 40.6 Å². The Labute approximate surface area is 250 Å². The summed E-state index contributed by atoms with van der Waals surface area (Å²) < 4.78 is 16.1. The zero-order valence-corrected chi connectivity index (χ0v) is 27.3. The summed E-state index contributed by atoms with van der Waals surface area (Å²) in [5.41, 5.74) is 10.2. The third-order valence-electron chi connectivity index (χ3n) is 8.06. The van der Waals surface area contributed by atoms with Crippen molar-refractivity contribution >= 4 is 66.9 Å². The van der Waals surface area contributed by atoms with Crippen molar-refractivity contribution in [2.45, 2.75) is 17.0 Å². The van der Waals surface area contributed by atoms with E-state index in [4.69, 9.17) is 5.63 Å². The van der Waals surface area contributed by atoms with Crippen molar-refractivity contribution in [3.8, 4) is 0 Å². The van der Waals surface area contributed by atoms with Crippen LogP contribution < -0.4 is 0 Å². The number of hydrogen-bond acceptors (Lipinski definition) is 3. The number of hydrogen-bond donors (Lipinski definition) is 0. The van der Waals surface area contributed by atoms with E-state index in [0.717, 1.165) is 8.95 Å². The first-order chi connectivity index (χ1) is 18.6. The van der Waals surface area contributed by atoms with Crippen molar-refractivity contribution in [3.63, 3.8) is 0 Å². The molecule has 0 N–H and O–H groups in total. The average molecular weight is 724 g/mol. The van der Waals surface area contributed by atoms with Gasteiger partial charge < -0.3 is 0 Å². The van der Waals surface area contributed by atoms with E-state index in [1.54, 1.807) is 0 Å². The summed E-state index contributed by atoms with van der Waals surface area (Å²) in [5, 5.41) is 0. The summed E-state index contributed by atoms with van der Waals surface area (Å²) >= 11 is 5.59. The van der Waals surface area contributed by atoms with Gasteiger partial charge in [0.15, 0.2) is 0 Å². The van der Waals surface area contributed by atoms with Crippen LogP contribution in [0.2, 0.25) is 0 Å². The van der Waals surface area contributed by atoms with E-state index in [2.05, 4.69) is 129 Å². The maximum absolute atomic E-state index is 6.90. The van der Waals surface area contributed by atoms with Crippen LogP contribution in [0.4, 0.5) is 0 Å². The van der Waals surface area contributed by atoms with Gasteiger partial charge in [-0.1, -0.05) is 0 Å². The molecule has 1 heterocycles. The van der Waals surface area contributed by atoms with Gasteiger partial charge in [0.25, 0.3) is 0 Å². The normalized spacial score (nSPS) is 20.2. The predicted molar refractivity (Wildman–Crippen MR) is 161 cm³/mol. The molecule has 0 saturated heterocycles. The van der Waals surface area contributed by atoms with Crippen LogP contribution in [0.25, 0.3) is 23.3 Å². The molecule has 0 fully saturated rings. The van der Waals surface area contributed by atoms with Gasteiger partial charge in [0.05, 0.1) is 0 Å². The molecular formula is C32H24Br2O2SZr. The molecule has 2 aliphatic carbocycles. The Balaban J connectivity index is 1.61. The van der Waals surface area contributed by atoms with Gasteiger partial charge in [-0.25, -0.2) is 0 Å². The zero-order valence-electron chi connectivity index (χ0n) is 20.9. The van der Waals surface area contributed by atoms with Crippen molar-refractivity contribution in [2.75, 3.05) is 14.2 Å². The van der Waals surface area contributed by atoms with Crippen LogP contribution in [0.3, 0.4) is 0 Å². The number of allylic oxidation sites excluding steroid dienone is 2. The van der Waals surface area contributed by atoms with Crippen LogP contribution in [0.5, 0.6) is 0 Å². The molecule has 7 rings (SSSR count). The molecule has 0 saturated carbocycles. The second kappa shape index (κ2) is 9.83. The first-order valence-corrected chi connectivity index (χ1v) is 19.8. The molecule has 0 amide bonds. The van der Waals surface area contributed by atoms with Gasteiger partial charge in [0, 0.05) is 0 Å². The molecule has 188 valence electrons. The molecule has 38 heavy (non-hydrogen) atoms. The van der Waals surface area contributed by atoms with Gasteiger partial charge >= 0.3 is 252 Å². The summed E-state index contributed by atoms with van der Waals surface area (Å²) in [5.74, 6) is 0. The van der Waals surface area contributed by atoms with E-state index in [-0.39, 0.29) is 7.25 Å². The standard InChI is InChI=1S/C30H18Br2S.2CH3O.Zr/c31-27-11-13-29(25-17-21(15-23(25)27)19-7-3-1-4-8-19)33-30-14-12-28(32)24-16-22(18-26(24)30)20-9-5-2-6-10-20;2*1-2;/h1-18H;2*1H3;/q;2*-1;+2. The number of benzene rings is 4. The van der Waals surface area contributed by atoms with Crippen LogP contribution in [0.15, 0.2) is 104 Å². The summed E-state index contributed by atoms with van der Waals surface area (Å²) in [6, 6.07) is 30.4. The van der Waals surface area contributed by atoms with Gasteiger partial charge in [-0.15, -0.1) is 0 Å². The second-order valence-electron chi connectivity index (χ2n) is 9.77. The Morgan fingerprint density at radius 1 is 0.605 bits per heavy atom. The average Bonchev–Trinajstić information content (AvgIpc) is 3.56. The maximum atomic E-state index is 6.90. The predicted octanol–water partition coefficient (Wildman–Crippen LogP) is 9.84. The van der Waals surface area contributed by atoms with Crippen LogP contribution in [0, 0.1) is 0 Å². The van der Waals surface area contributed by atoms with Crippen molar-refractivity contribution in [2.24, 2.45) is 0 Å². The zero-order chi connectivity index (χ0) is 26.0. The minimum absolute atomic E-state index is 0.0309. The molecule has 8 bridgehead atoms. The molecule has 1 aliphatic heterocycles. The Morgan fingerprint density at radius 2 is 1.03 bits per heavy atom. The van der Waals surface area contributed by atoms with E-state index < -0.39 is 21.1 Å². The fraction of sp³-hybridized carbons (Fsp3) is 0.125. The molecule has 2 nitrogen and oxygen atoms in total. The van der Waals surface area contributed by atoms with E-state index in [9.17, 15) is 0 Å². The minimum atomic E-state index is -4.22. The Morgan fingerprint density at radius 3 is 1.42 bits per heavy atom. The van der Waals surface area contributed by atoms with Crippen molar-refractivity contribution in [1.29, 1.82) is 0 Å². The fourth-order valence-corrected chi connectivity index (χ4v) is 20.1. The topological polar surface area (TPSA) is 18.5 Å². The molecule has 0 aromatic heterocycles. The summed E-state index contributed by atoms with van der Waals surface area (Å²) in [6.45, 7) is 0. The molecule has 3 aliphatic rings. The van der Waals surface area contributed by atoms with E-state index >= 15 is 0 Å². The quantitative estimate of drug-likeness (QED) is 0.209. The molecule has 0 radical (unpaired) electrons. The SMILES string of the molecule is C[O][Zr]1([O]C)[CH]2C(c3ccccc3)=Cc3c(ccc(Br)c32)Sc2ccc(Br)c3c2C=C(c2ccccc2)[CH]31. The van der Waals surface area contributed by atoms with Gasteiger partial charge in [-0.3, -0.25) is 0 Å². The number of rotatable bonds is 4. The molecule has 6 heteroatoms. The molecule has 4 aromatic carbocycles. The van der Waals surface area contributed by atoms with E-state index in [0.29, 0.717) is 0 Å². The summed E-state index contributed by atoms with van der Waals surface area (Å²) in [7, 11) is 3.77. The van der Waals surface area contributed by atoms with Crippen LogP contribution in [-0.4, -0.2) is 14.2 Å². The van der Waals surface area contributed by atoms with Gasteiger partial charge in [-0.2, -0.15) is 0 Å². The van der Waals surface area contributed by atoms with E-state index in [1.807, 2.05) is 26.0 Å². The van der Waals surface area contributed by atoms with Crippen LogP contribution >= 0.6 is 43.6 Å². The Kier molecular flexibility index (Phi) is 6.58. The third-order valence-corrected chi connectivity index (χ3v) is 20.6. The third kappa shape index (κ3) is 3.68. The Bertz CT molecular complexity index is 1530. The first-order valence-electron chi connectivity index (χ1n) is 12.5. The van der Waals surface area contributed by atoms with E-state index in [1.165, 1.54) is 54.3 Å². The van der Waals surface area contributed by atoms with Crippen LogP contribution in [-0.2, 0) is 26.8 Å². The van der Waals surface area contributed by atoms with Gasteiger partial charge in [-0.05, 0) is 0 Å². The summed E-state index contributed by atoms with van der Waals surface area (Å²) in [4.78, 5) is 2.52. The molecule has 0 spiro atoms. The van der Waals surface area contributed by atoms with Gasteiger partial charge in [0.1, 0.15) is 0 Å². The number of halogens is 2. The van der Waals surface area contributed by atoms with Crippen molar-refractivity contribution < 1.29 is 26.8 Å². The first kappa shape index (κ1) is 25.4. The monoisotopic (exact) mass is 720 g/mol. The Hall–Kier alpha value is -1.53. The molecule has 4 aromatic rings.